The molecule has 0 radical (unpaired) electrons. The van der Waals surface area contributed by atoms with E-state index >= 15 is 0 Å². The first kappa shape index (κ1) is 18.1. The highest BCUT2D eigenvalue weighted by atomic mass is 19.4. The van der Waals surface area contributed by atoms with Crippen molar-refractivity contribution in [2.75, 3.05) is 13.7 Å². The van der Waals surface area contributed by atoms with Crippen molar-refractivity contribution in [3.63, 3.8) is 0 Å². The van der Waals surface area contributed by atoms with Gasteiger partial charge in [-0.05, 0) is 30.7 Å². The largest absolute Gasteiger partial charge is 0.493 e. The van der Waals surface area contributed by atoms with Crippen LogP contribution in [-0.4, -0.2) is 24.5 Å². The highest BCUT2D eigenvalue weighted by molar-refractivity contribution is 5.86. The number of alkyl halides is 3. The summed E-state index contributed by atoms with van der Waals surface area (Å²) in [4.78, 5) is 5.84. The molecule has 1 atom stereocenters. The van der Waals surface area contributed by atoms with E-state index in [9.17, 15) is 13.2 Å². The lowest BCUT2D eigenvalue weighted by Crippen LogP contribution is -2.42. The number of fused-ring (bicyclic) bond motifs is 1. The van der Waals surface area contributed by atoms with Crippen LogP contribution in [0.1, 0.15) is 24.2 Å². The Morgan fingerprint density at radius 2 is 1.96 bits per heavy atom. The summed E-state index contributed by atoms with van der Waals surface area (Å²) in [6.07, 6.45) is -5.03. The Morgan fingerprint density at radius 1 is 1.23 bits per heavy atom. The van der Waals surface area contributed by atoms with Crippen LogP contribution in [0.15, 0.2) is 41.4 Å². The van der Waals surface area contributed by atoms with Gasteiger partial charge in [0.1, 0.15) is 11.9 Å². The first-order valence-corrected chi connectivity index (χ1v) is 8.04. The SMILES string of the molecule is CCOc1cccc(C(F)(F)F)c1-c1ccc2c(c1)N=C(N)N(C)C2N. The van der Waals surface area contributed by atoms with Gasteiger partial charge in [-0.2, -0.15) is 13.2 Å². The van der Waals surface area contributed by atoms with Crippen LogP contribution in [-0.2, 0) is 6.18 Å². The van der Waals surface area contributed by atoms with Crippen molar-refractivity contribution in [3.05, 3.63) is 47.5 Å². The van der Waals surface area contributed by atoms with Crippen molar-refractivity contribution < 1.29 is 17.9 Å². The fourth-order valence-corrected chi connectivity index (χ4v) is 2.94. The second-order valence-electron chi connectivity index (χ2n) is 5.91. The second kappa shape index (κ2) is 6.53. The van der Waals surface area contributed by atoms with Gasteiger partial charge in [0, 0.05) is 18.2 Å². The Kier molecular flexibility index (Phi) is 4.53. The van der Waals surface area contributed by atoms with Crippen LogP contribution in [0, 0.1) is 0 Å². The molecule has 0 spiro atoms. The molecule has 0 amide bonds. The second-order valence-corrected chi connectivity index (χ2v) is 5.91. The fraction of sp³-hybridized carbons (Fsp3) is 0.278. The van der Waals surface area contributed by atoms with Crippen LogP contribution in [0.5, 0.6) is 5.75 Å². The van der Waals surface area contributed by atoms with E-state index in [-0.39, 0.29) is 23.9 Å². The number of aliphatic imine (C=N–C) groups is 1. The van der Waals surface area contributed by atoms with Crippen LogP contribution in [0.4, 0.5) is 18.9 Å². The molecule has 0 saturated heterocycles. The highest BCUT2D eigenvalue weighted by Crippen LogP contribution is 2.44. The number of ether oxygens (including phenoxy) is 1. The Morgan fingerprint density at radius 3 is 2.62 bits per heavy atom. The lowest BCUT2D eigenvalue weighted by Gasteiger charge is -2.31. The third-order valence-corrected chi connectivity index (χ3v) is 4.28. The average molecular weight is 364 g/mol. The van der Waals surface area contributed by atoms with E-state index in [1.807, 2.05) is 0 Å². The van der Waals surface area contributed by atoms with Crippen molar-refractivity contribution in [1.82, 2.24) is 4.90 Å². The van der Waals surface area contributed by atoms with Gasteiger partial charge in [-0.25, -0.2) is 4.99 Å². The molecule has 3 rings (SSSR count). The van der Waals surface area contributed by atoms with Crippen LogP contribution in [0.3, 0.4) is 0 Å². The van der Waals surface area contributed by atoms with Crippen molar-refractivity contribution in [1.29, 1.82) is 0 Å². The third-order valence-electron chi connectivity index (χ3n) is 4.28. The van der Waals surface area contributed by atoms with Crippen LogP contribution in [0.25, 0.3) is 11.1 Å². The van der Waals surface area contributed by atoms with Crippen molar-refractivity contribution >= 4 is 11.6 Å². The number of nitrogens with two attached hydrogens (primary N) is 2. The quantitative estimate of drug-likeness (QED) is 0.872. The van der Waals surface area contributed by atoms with Gasteiger partial charge in [0.15, 0.2) is 5.96 Å². The predicted molar refractivity (Wildman–Crippen MR) is 94.0 cm³/mol. The van der Waals surface area contributed by atoms with E-state index < -0.39 is 17.9 Å². The number of hydrogen-bond acceptors (Lipinski definition) is 5. The van der Waals surface area contributed by atoms with Gasteiger partial charge in [0.05, 0.1) is 17.9 Å². The lowest BCUT2D eigenvalue weighted by molar-refractivity contribution is -0.137. The zero-order valence-electron chi connectivity index (χ0n) is 14.3. The zero-order chi connectivity index (χ0) is 19.1. The minimum Gasteiger partial charge on any atom is -0.493 e. The molecule has 0 aromatic heterocycles. The Balaban J connectivity index is 2.21. The number of rotatable bonds is 3. The Bertz CT molecular complexity index is 864. The molecule has 8 heteroatoms. The van der Waals surface area contributed by atoms with Crippen molar-refractivity contribution in [2.45, 2.75) is 19.3 Å². The molecule has 1 aliphatic heterocycles. The maximum absolute atomic E-state index is 13.5. The number of guanidine groups is 1. The van der Waals surface area contributed by atoms with E-state index in [1.165, 1.54) is 12.1 Å². The molecule has 0 saturated carbocycles. The maximum atomic E-state index is 13.5. The number of halogens is 3. The third kappa shape index (κ3) is 3.08. The van der Waals surface area contributed by atoms with Gasteiger partial charge in [0.25, 0.3) is 0 Å². The topological polar surface area (TPSA) is 76.9 Å². The summed E-state index contributed by atoms with van der Waals surface area (Å²) in [5.74, 6) is 0.368. The molecule has 0 aliphatic carbocycles. The summed E-state index contributed by atoms with van der Waals surface area (Å²) in [6.45, 7) is 1.97. The summed E-state index contributed by atoms with van der Waals surface area (Å²) < 4.78 is 46.1. The molecule has 5 nitrogen and oxygen atoms in total. The van der Waals surface area contributed by atoms with Crippen LogP contribution < -0.4 is 16.2 Å². The number of benzene rings is 2. The van der Waals surface area contributed by atoms with E-state index in [0.29, 0.717) is 16.8 Å². The zero-order valence-corrected chi connectivity index (χ0v) is 14.3. The molecule has 1 unspecified atom stereocenters. The molecule has 1 heterocycles. The minimum absolute atomic E-state index is 0.0223. The van der Waals surface area contributed by atoms with Gasteiger partial charge in [-0.1, -0.05) is 18.2 Å². The highest BCUT2D eigenvalue weighted by Gasteiger charge is 2.35. The normalized spacial score (nSPS) is 16.9. The predicted octanol–water partition coefficient (Wildman–Crippen LogP) is 3.62. The molecule has 4 N–H and O–H groups in total. The Hall–Kier alpha value is -2.74. The maximum Gasteiger partial charge on any atom is 0.417 e. The molecule has 1 aliphatic rings. The number of nitrogens with zero attached hydrogens (tertiary/aromatic N) is 2. The monoisotopic (exact) mass is 364 g/mol. The van der Waals surface area contributed by atoms with E-state index in [0.717, 1.165) is 6.07 Å². The summed E-state index contributed by atoms with van der Waals surface area (Å²) in [7, 11) is 1.70. The molecule has 2 aromatic carbocycles. The summed E-state index contributed by atoms with van der Waals surface area (Å²) in [5, 5.41) is 0. The van der Waals surface area contributed by atoms with Crippen LogP contribution >= 0.6 is 0 Å². The summed E-state index contributed by atoms with van der Waals surface area (Å²) >= 11 is 0. The molecule has 26 heavy (non-hydrogen) atoms. The molecule has 138 valence electrons. The van der Waals surface area contributed by atoms with Gasteiger partial charge in [0.2, 0.25) is 0 Å². The molecular formula is C18H19F3N4O. The average Bonchev–Trinajstić information content (AvgIpc) is 2.59. The smallest absolute Gasteiger partial charge is 0.417 e. The first-order valence-electron chi connectivity index (χ1n) is 8.04. The van der Waals surface area contributed by atoms with E-state index in [2.05, 4.69) is 4.99 Å². The van der Waals surface area contributed by atoms with Crippen LogP contribution in [0.2, 0.25) is 0 Å². The first-order chi connectivity index (χ1) is 12.2. The lowest BCUT2D eigenvalue weighted by atomic mass is 9.95. The van der Waals surface area contributed by atoms with Gasteiger partial charge < -0.3 is 21.1 Å². The van der Waals surface area contributed by atoms with Gasteiger partial charge in [-0.15, -0.1) is 0 Å². The Labute approximate surface area is 149 Å². The molecule has 2 aromatic rings. The van der Waals surface area contributed by atoms with Gasteiger partial charge >= 0.3 is 6.18 Å². The van der Waals surface area contributed by atoms with Crippen molar-refractivity contribution in [3.8, 4) is 16.9 Å². The fourth-order valence-electron chi connectivity index (χ4n) is 2.94. The minimum atomic E-state index is -4.52. The molecular weight excluding hydrogens is 345 g/mol. The van der Waals surface area contributed by atoms with Gasteiger partial charge in [-0.3, -0.25) is 0 Å². The summed E-state index contributed by atoms with van der Waals surface area (Å²) in [6, 6.07) is 8.71. The van der Waals surface area contributed by atoms with Crippen molar-refractivity contribution in [2.24, 2.45) is 16.5 Å². The number of hydrogen-bond donors (Lipinski definition) is 2. The van der Waals surface area contributed by atoms with E-state index in [4.69, 9.17) is 16.2 Å². The summed E-state index contributed by atoms with van der Waals surface area (Å²) in [5.41, 5.74) is 12.6. The molecule has 0 bridgehead atoms. The standard InChI is InChI=1S/C18H19F3N4O/c1-3-26-14-6-4-5-12(18(19,20)21)15(14)10-7-8-11-13(9-10)24-17(23)25(2)16(11)22/h4-9,16H,3,22H2,1-2H3,(H2,23,24). The molecule has 0 fully saturated rings. The van der Waals surface area contributed by atoms with E-state index in [1.54, 1.807) is 37.1 Å².